The van der Waals surface area contributed by atoms with Crippen LogP contribution >= 0.6 is 7.44 Å². The number of sulfonamides is 4. The summed E-state index contributed by atoms with van der Waals surface area (Å²) in [7, 11) is -25.0. The molecule has 16 heteroatoms. The minimum Gasteiger partial charge on any atom is -0.279 e. The van der Waals surface area contributed by atoms with Gasteiger partial charge in [-0.2, -0.15) is 0 Å². The molecule has 0 aliphatic heterocycles. The second-order valence-electron chi connectivity index (χ2n) is 5.29. The molecule has 0 aliphatic carbocycles. The zero-order valence-electron chi connectivity index (χ0n) is 14.0. The average Bonchev–Trinajstić information content (AvgIpc) is 2.32. The molecule has 1 rings (SSSR count). The summed E-state index contributed by atoms with van der Waals surface area (Å²) in [5, 5.41) is -0.619. The van der Waals surface area contributed by atoms with E-state index in [-0.39, 0.29) is 0 Å². The zero-order chi connectivity index (χ0) is 20.8. The summed E-state index contributed by atoms with van der Waals surface area (Å²) in [4.78, 5) is 0. The summed E-state index contributed by atoms with van der Waals surface area (Å²) in [6.07, 6.45) is 1.47. The fourth-order valence-corrected chi connectivity index (χ4v) is 16.2. The monoisotopic (exact) mass is 468 g/mol. The van der Waals surface area contributed by atoms with Gasteiger partial charge in [-0.25, -0.2) is 33.7 Å². The lowest BCUT2D eigenvalue weighted by Crippen LogP contribution is -2.46. The first-order chi connectivity index (χ1) is 11.3. The third-order valence-electron chi connectivity index (χ3n) is 2.67. The van der Waals surface area contributed by atoms with E-state index in [2.05, 4.69) is 0 Å². The smallest absolute Gasteiger partial charge is 0.279 e. The maximum Gasteiger partial charge on any atom is 0.299 e. The van der Waals surface area contributed by atoms with Crippen LogP contribution in [0.1, 0.15) is 0 Å². The molecule has 1 aromatic carbocycles. The van der Waals surface area contributed by atoms with E-state index >= 15 is 0 Å². The molecule has 1 aromatic rings. The fourth-order valence-electron chi connectivity index (χ4n) is 2.17. The van der Waals surface area contributed by atoms with Gasteiger partial charge >= 0.3 is 0 Å². The summed E-state index contributed by atoms with van der Waals surface area (Å²) >= 11 is 0. The van der Waals surface area contributed by atoms with E-state index in [1.807, 2.05) is 0 Å². The minimum atomic E-state index is -5.46. The Morgan fingerprint density at radius 2 is 0.885 bits per heavy atom. The van der Waals surface area contributed by atoms with Crippen molar-refractivity contribution in [2.24, 2.45) is 0 Å². The Morgan fingerprint density at radius 3 is 1.12 bits per heavy atom. The first-order valence-electron chi connectivity index (χ1n) is 6.41. The van der Waals surface area contributed by atoms with Crippen LogP contribution in [0.5, 0.6) is 0 Å². The molecule has 0 saturated carbocycles. The van der Waals surface area contributed by atoms with E-state index < -0.39 is 59.8 Å². The number of hydrogen-bond acceptors (Lipinski definition) is 9. The van der Waals surface area contributed by atoms with Crippen LogP contribution in [0.3, 0.4) is 0 Å². The third kappa shape index (κ3) is 4.71. The molecule has 0 bridgehead atoms. The Hall–Kier alpha value is -0.830. The van der Waals surface area contributed by atoms with Gasteiger partial charge in [-0.15, -0.1) is 0 Å². The van der Waals surface area contributed by atoms with Gasteiger partial charge in [-0.1, -0.05) is 18.2 Å². The maximum atomic E-state index is 13.7. The van der Waals surface area contributed by atoms with Crippen molar-refractivity contribution in [3.63, 3.8) is 0 Å². The van der Waals surface area contributed by atoms with Crippen LogP contribution in [0.2, 0.25) is 0 Å². The Kier molecular flexibility index (Phi) is 6.22. The molecule has 0 aromatic heterocycles. The predicted molar refractivity (Wildman–Crippen MR) is 96.7 cm³/mol. The predicted octanol–water partition coefficient (Wildman–Crippen LogP) is -1.05. The fraction of sp³-hybridized carbons (Fsp3) is 0.400. The van der Waals surface area contributed by atoms with Crippen LogP contribution < -0.4 is 5.30 Å². The summed E-state index contributed by atoms with van der Waals surface area (Å²) in [6, 6.07) is 5.76. The average molecular weight is 468 g/mol. The van der Waals surface area contributed by atoms with Gasteiger partial charge in [0.1, 0.15) is 0 Å². The Bertz CT molecular complexity index is 1020. The Labute approximate surface area is 153 Å². The molecule has 0 N–H and O–H groups in total. The highest BCUT2D eigenvalue weighted by Gasteiger charge is 2.56. The van der Waals surface area contributed by atoms with Gasteiger partial charge < -0.3 is 0 Å². The lowest BCUT2D eigenvalue weighted by molar-refractivity contribution is 0.513. The van der Waals surface area contributed by atoms with Crippen LogP contribution in [0.25, 0.3) is 0 Å². The van der Waals surface area contributed by atoms with Gasteiger partial charge in [0.15, 0.2) is 0 Å². The maximum absolute atomic E-state index is 13.7. The molecular formula is C10H17N2O9PS4. The van der Waals surface area contributed by atoms with Crippen molar-refractivity contribution in [1.29, 1.82) is 0 Å². The van der Waals surface area contributed by atoms with Crippen molar-refractivity contribution in [1.82, 2.24) is 6.96 Å². The van der Waals surface area contributed by atoms with E-state index in [1.165, 1.54) is 18.2 Å². The molecule has 0 fully saturated rings. The molecule has 0 radical (unpaired) electrons. The van der Waals surface area contributed by atoms with Crippen molar-refractivity contribution in [3.05, 3.63) is 30.3 Å². The lowest BCUT2D eigenvalue weighted by Gasteiger charge is -2.33. The van der Waals surface area contributed by atoms with E-state index in [0.29, 0.717) is 25.0 Å². The third-order valence-corrected chi connectivity index (χ3v) is 16.3. The minimum absolute atomic E-state index is 0.367. The van der Waals surface area contributed by atoms with E-state index in [1.54, 1.807) is 0 Å². The van der Waals surface area contributed by atoms with Crippen molar-refractivity contribution < 1.29 is 38.2 Å². The van der Waals surface area contributed by atoms with Crippen LogP contribution in [-0.4, -0.2) is 65.7 Å². The SMILES string of the molecule is CS(=O)(=O)N(P(=O)(c1ccccc1)N(S(C)(=O)=O)S(C)(=O)=O)S(C)(=O)=O. The van der Waals surface area contributed by atoms with Crippen LogP contribution in [0, 0.1) is 0 Å². The summed E-state index contributed by atoms with van der Waals surface area (Å²) in [5.74, 6) is 0. The zero-order valence-corrected chi connectivity index (χ0v) is 18.2. The number of rotatable bonds is 7. The van der Waals surface area contributed by atoms with Crippen LogP contribution in [0.4, 0.5) is 0 Å². The van der Waals surface area contributed by atoms with Crippen molar-refractivity contribution in [2.45, 2.75) is 0 Å². The molecule has 0 atom stereocenters. The van der Waals surface area contributed by atoms with Gasteiger partial charge in [0, 0.05) is 5.30 Å². The second kappa shape index (κ2) is 6.96. The Morgan fingerprint density at radius 1 is 0.615 bits per heavy atom. The van der Waals surface area contributed by atoms with E-state index in [4.69, 9.17) is 0 Å². The molecule has 0 unspecified atom stereocenters. The quantitative estimate of drug-likeness (QED) is 0.455. The molecule has 0 heterocycles. The van der Waals surface area contributed by atoms with E-state index in [9.17, 15) is 38.2 Å². The summed E-state index contributed by atoms with van der Waals surface area (Å²) in [6.45, 7) is 0. The molecule has 0 aliphatic rings. The molecule has 0 spiro atoms. The molecule has 150 valence electrons. The second-order valence-corrected chi connectivity index (χ2v) is 16.6. The highest BCUT2D eigenvalue weighted by Crippen LogP contribution is 2.57. The summed E-state index contributed by atoms with van der Waals surface area (Å²) in [5.41, 5.74) is 0. The highest BCUT2D eigenvalue weighted by molar-refractivity contribution is 8.17. The Balaban J connectivity index is 4.28. The molecule has 0 amide bonds. The first-order valence-corrected chi connectivity index (χ1v) is 15.4. The van der Waals surface area contributed by atoms with Crippen LogP contribution in [-0.2, 0) is 44.7 Å². The van der Waals surface area contributed by atoms with Gasteiger partial charge in [-0.3, -0.25) is 4.57 Å². The molecule has 26 heavy (non-hydrogen) atoms. The van der Waals surface area contributed by atoms with E-state index in [0.717, 1.165) is 12.1 Å². The van der Waals surface area contributed by atoms with Gasteiger partial charge in [0.2, 0.25) is 40.1 Å². The largest absolute Gasteiger partial charge is 0.299 e. The van der Waals surface area contributed by atoms with Crippen molar-refractivity contribution in [3.8, 4) is 0 Å². The first kappa shape index (κ1) is 23.2. The lowest BCUT2D eigenvalue weighted by atomic mass is 10.4. The number of nitrogens with zero attached hydrogens (tertiary/aromatic N) is 2. The topological polar surface area (TPSA) is 160 Å². The normalized spacial score (nSPS) is 14.7. The van der Waals surface area contributed by atoms with Crippen molar-refractivity contribution in [2.75, 3.05) is 25.0 Å². The molecular weight excluding hydrogens is 451 g/mol. The van der Waals surface area contributed by atoms with Gasteiger partial charge in [-0.05, 0) is 19.1 Å². The van der Waals surface area contributed by atoms with Gasteiger partial charge in [0.25, 0.3) is 7.44 Å². The highest BCUT2D eigenvalue weighted by atomic mass is 32.3. The molecule has 11 nitrogen and oxygen atoms in total. The number of hydrogen-bond donors (Lipinski definition) is 0. The summed E-state index contributed by atoms with van der Waals surface area (Å²) < 4.78 is 110. The van der Waals surface area contributed by atoms with Crippen molar-refractivity contribution >= 4 is 52.8 Å². The number of benzene rings is 1. The molecule has 0 saturated heterocycles. The van der Waals surface area contributed by atoms with Gasteiger partial charge in [0.05, 0.1) is 25.0 Å². The van der Waals surface area contributed by atoms with Crippen LogP contribution in [0.15, 0.2) is 30.3 Å². The standard InChI is InChI=1S/C10H17N2O9PS4/c1-23(14,15)11(24(2,16)17)22(13,10-8-6-5-7-9-10)12(25(3,18)19)26(4,20)21/h5-9H,1-4H3.